The van der Waals surface area contributed by atoms with Gasteiger partial charge in [-0.1, -0.05) is 44.8 Å². The molecule has 1 aliphatic rings. The van der Waals surface area contributed by atoms with Crippen LogP contribution >= 0.6 is 24.0 Å². The first kappa shape index (κ1) is 12.9. The van der Waals surface area contributed by atoms with Crippen LogP contribution in [0.3, 0.4) is 0 Å². The van der Waals surface area contributed by atoms with Gasteiger partial charge in [0.2, 0.25) is 0 Å². The molecule has 1 heterocycles. The van der Waals surface area contributed by atoms with E-state index in [-0.39, 0.29) is 51.4 Å². The second kappa shape index (κ2) is 4.93. The summed E-state index contributed by atoms with van der Waals surface area (Å²) < 4.78 is 0.958. The quantitative estimate of drug-likeness (QED) is 0.486. The zero-order chi connectivity index (χ0) is 7.78. The van der Waals surface area contributed by atoms with Gasteiger partial charge in [-0.15, -0.1) is 0 Å². The Morgan fingerprint density at radius 1 is 1.55 bits per heavy atom. The van der Waals surface area contributed by atoms with Crippen molar-refractivity contribution in [3.05, 3.63) is 0 Å². The Morgan fingerprint density at radius 2 is 2.09 bits per heavy atom. The third kappa shape index (κ3) is 4.07. The number of thioether (sulfide) groups is 1. The first-order valence-electron chi connectivity index (χ1n) is 3.44. The van der Waals surface area contributed by atoms with E-state index >= 15 is 0 Å². The predicted octanol–water partition coefficient (Wildman–Crippen LogP) is 1.64. The molecule has 1 unspecified atom stereocenters. The molecule has 59 valence electrons. The third-order valence-electron chi connectivity index (χ3n) is 1.65. The van der Waals surface area contributed by atoms with E-state index in [2.05, 4.69) is 26.1 Å². The summed E-state index contributed by atoms with van der Waals surface area (Å²) in [5.41, 5.74) is 0.373. The minimum absolute atomic E-state index is 0. The number of nitrogens with one attached hydrogen (secondary N) is 1. The van der Waals surface area contributed by atoms with E-state index in [1.54, 1.807) is 11.8 Å². The van der Waals surface area contributed by atoms with Gasteiger partial charge in [0, 0.05) is 63.2 Å². The van der Waals surface area contributed by atoms with E-state index in [1.165, 1.54) is 0 Å². The Kier molecular flexibility index (Phi) is 5.77. The summed E-state index contributed by atoms with van der Waals surface area (Å²) in [7, 11) is 0. The van der Waals surface area contributed by atoms with Crippen molar-refractivity contribution in [2.45, 2.75) is 26.0 Å². The molecule has 4 heteroatoms. The number of thiocarbonyl (C=S) groups is 1. The molecule has 0 aromatic rings. The van der Waals surface area contributed by atoms with Crippen LogP contribution in [-0.2, 0) is 0 Å². The van der Waals surface area contributed by atoms with Crippen LogP contribution in [-0.4, -0.2) is 67.5 Å². The van der Waals surface area contributed by atoms with Crippen molar-refractivity contribution in [2.24, 2.45) is 5.41 Å². The van der Waals surface area contributed by atoms with Gasteiger partial charge in [0.05, 0.1) is 0 Å². The van der Waals surface area contributed by atoms with Gasteiger partial charge in [-0.3, -0.25) is 0 Å². The summed E-state index contributed by atoms with van der Waals surface area (Å²) in [4.78, 5) is 0. The molecule has 11 heavy (non-hydrogen) atoms. The van der Waals surface area contributed by atoms with Crippen LogP contribution in [0.4, 0.5) is 0 Å². The molecule has 1 aliphatic heterocycles. The van der Waals surface area contributed by atoms with Crippen LogP contribution < -0.4 is 5.32 Å². The average molecular weight is 214 g/mol. The van der Waals surface area contributed by atoms with Gasteiger partial charge in [0.25, 0.3) is 0 Å². The number of hydrogen-bond donors (Lipinski definition) is 1. The SMILES string of the molecule is CC(C)(C)C1CNC(=S)S1.[K]. The summed E-state index contributed by atoms with van der Waals surface area (Å²) in [6, 6.07) is 0. The van der Waals surface area contributed by atoms with Crippen molar-refractivity contribution in [2.75, 3.05) is 6.54 Å². The number of hydrogen-bond acceptors (Lipinski definition) is 2. The molecule has 0 spiro atoms. The monoisotopic (exact) mass is 214 g/mol. The minimum Gasteiger partial charge on any atom is -0.370 e. The van der Waals surface area contributed by atoms with Crippen LogP contribution in [0.15, 0.2) is 0 Å². The molecule has 0 amide bonds. The van der Waals surface area contributed by atoms with Crippen molar-refractivity contribution in [3.8, 4) is 0 Å². The fourth-order valence-electron chi connectivity index (χ4n) is 0.872. The molecule has 1 N–H and O–H groups in total. The molecule has 0 aromatic carbocycles. The first-order valence-corrected chi connectivity index (χ1v) is 4.73. The maximum absolute atomic E-state index is 5.02. The average Bonchev–Trinajstić information content (AvgIpc) is 2.11. The maximum atomic E-state index is 5.02. The summed E-state index contributed by atoms with van der Waals surface area (Å²) in [5, 5.41) is 3.82. The topological polar surface area (TPSA) is 12.0 Å². The standard InChI is InChI=1S/C7H13NS2.K/c1-7(2,3)5-4-8-6(9)10-5;/h5H,4H2,1-3H3,(H,8,9);. The first-order chi connectivity index (χ1) is 4.50. The van der Waals surface area contributed by atoms with E-state index < -0.39 is 0 Å². The number of rotatable bonds is 0. The smallest absolute Gasteiger partial charge is 0.134 e. The Balaban J connectivity index is 0.000001000. The van der Waals surface area contributed by atoms with Gasteiger partial charge >= 0.3 is 0 Å². The van der Waals surface area contributed by atoms with Gasteiger partial charge in [0.1, 0.15) is 4.32 Å². The van der Waals surface area contributed by atoms with E-state index in [0.29, 0.717) is 10.7 Å². The van der Waals surface area contributed by atoms with Crippen LogP contribution in [0.2, 0.25) is 0 Å². The van der Waals surface area contributed by atoms with Gasteiger partial charge in [0.15, 0.2) is 0 Å². The minimum atomic E-state index is 0. The van der Waals surface area contributed by atoms with Gasteiger partial charge in [-0.05, 0) is 5.41 Å². The zero-order valence-corrected chi connectivity index (χ0v) is 12.4. The van der Waals surface area contributed by atoms with Crippen molar-refractivity contribution in [1.82, 2.24) is 5.32 Å². The van der Waals surface area contributed by atoms with Crippen molar-refractivity contribution >= 4 is 79.7 Å². The van der Waals surface area contributed by atoms with Crippen molar-refractivity contribution in [3.63, 3.8) is 0 Å². The van der Waals surface area contributed by atoms with Crippen LogP contribution in [0.5, 0.6) is 0 Å². The second-order valence-electron chi connectivity index (χ2n) is 3.64. The molecule has 0 saturated carbocycles. The van der Waals surface area contributed by atoms with E-state index in [9.17, 15) is 0 Å². The van der Waals surface area contributed by atoms with Crippen LogP contribution in [0.1, 0.15) is 20.8 Å². The summed E-state index contributed by atoms with van der Waals surface area (Å²) in [6.45, 7) is 7.79. The summed E-state index contributed by atoms with van der Waals surface area (Å²) >= 11 is 6.81. The Labute approximate surface area is 121 Å². The van der Waals surface area contributed by atoms with Gasteiger partial charge in [-0.2, -0.15) is 0 Å². The van der Waals surface area contributed by atoms with Crippen LogP contribution in [0, 0.1) is 5.41 Å². The molecule has 1 rings (SSSR count). The van der Waals surface area contributed by atoms with E-state index in [0.717, 1.165) is 10.9 Å². The normalized spacial score (nSPS) is 24.3. The third-order valence-corrected chi connectivity index (χ3v) is 3.60. The Bertz CT molecular complexity index is 153. The van der Waals surface area contributed by atoms with Crippen molar-refractivity contribution in [1.29, 1.82) is 0 Å². The molecule has 1 nitrogen and oxygen atoms in total. The molecule has 0 aromatic heterocycles. The largest absolute Gasteiger partial charge is 0.370 e. The zero-order valence-electron chi connectivity index (χ0n) is 7.60. The van der Waals surface area contributed by atoms with E-state index in [1.807, 2.05) is 0 Å². The molecule has 1 radical (unpaired) electrons. The Hall–Kier alpha value is 1.88. The summed E-state index contributed by atoms with van der Waals surface area (Å²) in [6.07, 6.45) is 0. The molecule has 1 saturated heterocycles. The second-order valence-corrected chi connectivity index (χ2v) is 5.52. The fourth-order valence-corrected chi connectivity index (χ4v) is 2.25. The summed E-state index contributed by atoms with van der Waals surface area (Å²) in [5.74, 6) is 0. The maximum Gasteiger partial charge on any atom is 0.134 e. The van der Waals surface area contributed by atoms with E-state index in [4.69, 9.17) is 12.2 Å². The molecule has 1 fully saturated rings. The van der Waals surface area contributed by atoms with Crippen LogP contribution in [0.25, 0.3) is 0 Å². The Morgan fingerprint density at radius 3 is 2.27 bits per heavy atom. The van der Waals surface area contributed by atoms with Gasteiger partial charge in [-0.25, -0.2) is 0 Å². The molecule has 1 atom stereocenters. The molecule has 0 bridgehead atoms. The fraction of sp³-hybridized carbons (Fsp3) is 0.857. The molecular weight excluding hydrogens is 201 g/mol. The molecule has 0 aliphatic carbocycles. The predicted molar refractivity (Wildman–Crippen MR) is 57.2 cm³/mol. The van der Waals surface area contributed by atoms with Gasteiger partial charge < -0.3 is 5.32 Å². The van der Waals surface area contributed by atoms with Crippen molar-refractivity contribution < 1.29 is 0 Å². The molecular formula is C7H13KNS2.